The lowest BCUT2D eigenvalue weighted by molar-refractivity contribution is 0.160. The third-order valence-corrected chi connectivity index (χ3v) is 2.89. The minimum atomic E-state index is -0.822. The van der Waals surface area contributed by atoms with Crippen LogP contribution in [0.15, 0.2) is 24.3 Å². The van der Waals surface area contributed by atoms with Gasteiger partial charge in [-0.1, -0.05) is 24.3 Å². The summed E-state index contributed by atoms with van der Waals surface area (Å²) in [5, 5.41) is 0. The van der Waals surface area contributed by atoms with Gasteiger partial charge in [0.1, 0.15) is 6.17 Å². The summed E-state index contributed by atoms with van der Waals surface area (Å²) in [5.74, 6) is 0. The molecule has 0 saturated carbocycles. The number of likely N-dealkylation sites (N-methyl/N-ethyl adjacent to an activating group) is 1. The molecule has 1 aromatic rings. The molecular weight excluding hydrogens is 165 g/mol. The Morgan fingerprint density at radius 1 is 1.31 bits per heavy atom. The smallest absolute Gasteiger partial charge is 0.138 e. The van der Waals surface area contributed by atoms with Crippen LogP contribution in [0.25, 0.3) is 0 Å². The molecule has 0 fully saturated rings. The Labute approximate surface area is 78.2 Å². The molecular formula is C11H14FN. The molecule has 70 valence electrons. The zero-order chi connectivity index (χ0) is 9.42. The highest BCUT2D eigenvalue weighted by atomic mass is 19.1. The van der Waals surface area contributed by atoms with E-state index in [1.165, 1.54) is 0 Å². The minimum Gasteiger partial charge on any atom is -0.296 e. The van der Waals surface area contributed by atoms with Gasteiger partial charge in [-0.2, -0.15) is 0 Å². The third kappa shape index (κ3) is 1.35. The fraction of sp³-hybridized carbons (Fsp3) is 0.455. The summed E-state index contributed by atoms with van der Waals surface area (Å²) in [7, 11) is 1.97. The second kappa shape index (κ2) is 3.11. The summed E-state index contributed by atoms with van der Waals surface area (Å²) in [6, 6.07) is 8.12. The van der Waals surface area contributed by atoms with Crippen molar-refractivity contribution in [3.8, 4) is 0 Å². The van der Waals surface area contributed by atoms with Crippen molar-refractivity contribution in [1.82, 2.24) is 4.90 Å². The van der Waals surface area contributed by atoms with E-state index in [1.54, 1.807) is 0 Å². The predicted molar refractivity (Wildman–Crippen MR) is 51.3 cm³/mol. The Hall–Kier alpha value is -0.890. The molecule has 0 aromatic heterocycles. The Balaban J connectivity index is 2.47. The van der Waals surface area contributed by atoms with E-state index in [0.717, 1.165) is 11.1 Å². The summed E-state index contributed by atoms with van der Waals surface area (Å²) in [6.45, 7) is 2.63. The molecule has 0 aliphatic carbocycles. The first-order valence-corrected chi connectivity index (χ1v) is 4.63. The number of alkyl halides is 1. The average molecular weight is 179 g/mol. The fourth-order valence-electron chi connectivity index (χ4n) is 1.92. The van der Waals surface area contributed by atoms with Gasteiger partial charge in [0.05, 0.1) is 0 Å². The van der Waals surface area contributed by atoms with Crippen LogP contribution in [0, 0.1) is 0 Å². The largest absolute Gasteiger partial charge is 0.296 e. The Morgan fingerprint density at radius 2 is 1.92 bits per heavy atom. The van der Waals surface area contributed by atoms with Crippen LogP contribution in [0.2, 0.25) is 0 Å². The number of halogens is 1. The number of benzene rings is 1. The van der Waals surface area contributed by atoms with Crippen molar-refractivity contribution < 1.29 is 4.39 Å². The molecule has 0 spiro atoms. The lowest BCUT2D eigenvalue weighted by Crippen LogP contribution is -2.31. The molecule has 13 heavy (non-hydrogen) atoms. The highest BCUT2D eigenvalue weighted by Gasteiger charge is 2.27. The number of rotatable bonds is 0. The van der Waals surface area contributed by atoms with Gasteiger partial charge in [0.15, 0.2) is 0 Å². The normalized spacial score (nSPS) is 28.5. The number of hydrogen-bond donors (Lipinski definition) is 0. The summed E-state index contributed by atoms with van der Waals surface area (Å²) in [6.07, 6.45) is -0.822. The molecule has 2 rings (SSSR count). The van der Waals surface area contributed by atoms with Crippen LogP contribution in [0.4, 0.5) is 4.39 Å². The molecule has 1 aromatic carbocycles. The van der Waals surface area contributed by atoms with Crippen molar-refractivity contribution >= 4 is 0 Å². The van der Waals surface area contributed by atoms with E-state index in [4.69, 9.17) is 0 Å². The van der Waals surface area contributed by atoms with Gasteiger partial charge in [-0.25, -0.2) is 4.39 Å². The second-order valence-corrected chi connectivity index (χ2v) is 3.71. The minimum absolute atomic E-state index is 0.336. The maximum absolute atomic E-state index is 13.6. The number of nitrogens with zero attached hydrogens (tertiary/aromatic N) is 1. The Morgan fingerprint density at radius 3 is 2.62 bits per heavy atom. The van der Waals surface area contributed by atoms with Crippen molar-refractivity contribution in [2.45, 2.75) is 19.1 Å². The van der Waals surface area contributed by atoms with E-state index in [9.17, 15) is 4.39 Å². The van der Waals surface area contributed by atoms with Crippen molar-refractivity contribution in [1.29, 1.82) is 0 Å². The molecule has 1 nitrogen and oxygen atoms in total. The topological polar surface area (TPSA) is 3.24 Å². The van der Waals surface area contributed by atoms with Crippen LogP contribution in [0.1, 0.15) is 30.3 Å². The van der Waals surface area contributed by atoms with Crippen LogP contribution in [0.3, 0.4) is 0 Å². The van der Waals surface area contributed by atoms with Gasteiger partial charge in [-0.15, -0.1) is 0 Å². The molecule has 0 N–H and O–H groups in total. The number of fused-ring (bicyclic) bond motifs is 1. The molecule has 1 heterocycles. The van der Waals surface area contributed by atoms with Crippen LogP contribution in [0.5, 0.6) is 0 Å². The molecule has 2 atom stereocenters. The molecule has 0 amide bonds. The molecule has 2 heteroatoms. The first-order valence-electron chi connectivity index (χ1n) is 4.63. The van der Waals surface area contributed by atoms with E-state index in [1.807, 2.05) is 36.2 Å². The van der Waals surface area contributed by atoms with Crippen molar-refractivity contribution in [3.63, 3.8) is 0 Å². The standard InChI is InChI=1S/C11H14FN/c1-8-9-5-3-4-6-10(9)11(12)7-13(8)2/h3-6,8,11H,7H2,1-2H3/t8-,11?/m1/s1. The molecule has 1 aliphatic rings. The Bertz CT molecular complexity index is 311. The van der Waals surface area contributed by atoms with Crippen LogP contribution in [-0.4, -0.2) is 18.5 Å². The van der Waals surface area contributed by atoms with Gasteiger partial charge in [-0.05, 0) is 25.1 Å². The van der Waals surface area contributed by atoms with E-state index in [-0.39, 0.29) is 0 Å². The quantitative estimate of drug-likeness (QED) is 0.592. The van der Waals surface area contributed by atoms with E-state index in [0.29, 0.717) is 12.6 Å². The first-order chi connectivity index (χ1) is 6.20. The summed E-state index contributed by atoms with van der Waals surface area (Å²) in [5.41, 5.74) is 2.00. The summed E-state index contributed by atoms with van der Waals surface area (Å²) < 4.78 is 13.6. The molecule has 0 saturated heterocycles. The maximum Gasteiger partial charge on any atom is 0.138 e. The van der Waals surface area contributed by atoms with Crippen LogP contribution >= 0.6 is 0 Å². The zero-order valence-electron chi connectivity index (χ0n) is 8.00. The predicted octanol–water partition coefficient (Wildman–Crippen LogP) is 2.70. The molecule has 1 unspecified atom stereocenters. The first kappa shape index (κ1) is 8.70. The van der Waals surface area contributed by atoms with Gasteiger partial charge in [0, 0.05) is 12.6 Å². The van der Waals surface area contributed by atoms with Crippen molar-refractivity contribution in [2.24, 2.45) is 0 Å². The van der Waals surface area contributed by atoms with Crippen LogP contribution < -0.4 is 0 Å². The fourth-order valence-corrected chi connectivity index (χ4v) is 1.92. The van der Waals surface area contributed by atoms with E-state index in [2.05, 4.69) is 6.92 Å². The maximum atomic E-state index is 13.6. The van der Waals surface area contributed by atoms with Gasteiger partial charge in [0.25, 0.3) is 0 Å². The van der Waals surface area contributed by atoms with Crippen molar-refractivity contribution in [3.05, 3.63) is 35.4 Å². The molecule has 0 radical (unpaired) electrons. The summed E-state index contributed by atoms with van der Waals surface area (Å²) >= 11 is 0. The Kier molecular flexibility index (Phi) is 2.08. The second-order valence-electron chi connectivity index (χ2n) is 3.71. The zero-order valence-corrected chi connectivity index (χ0v) is 8.00. The van der Waals surface area contributed by atoms with Gasteiger partial charge in [-0.3, -0.25) is 4.90 Å². The average Bonchev–Trinajstić information content (AvgIpc) is 2.15. The van der Waals surface area contributed by atoms with Crippen LogP contribution in [-0.2, 0) is 0 Å². The third-order valence-electron chi connectivity index (χ3n) is 2.89. The summed E-state index contributed by atoms with van der Waals surface area (Å²) in [4.78, 5) is 2.05. The van der Waals surface area contributed by atoms with Gasteiger partial charge < -0.3 is 0 Å². The lowest BCUT2D eigenvalue weighted by Gasteiger charge is -2.33. The van der Waals surface area contributed by atoms with E-state index >= 15 is 0 Å². The lowest BCUT2D eigenvalue weighted by atomic mass is 9.93. The monoisotopic (exact) mass is 179 g/mol. The number of hydrogen-bond acceptors (Lipinski definition) is 1. The van der Waals surface area contributed by atoms with Gasteiger partial charge >= 0.3 is 0 Å². The van der Waals surface area contributed by atoms with E-state index < -0.39 is 6.17 Å². The molecule has 0 bridgehead atoms. The van der Waals surface area contributed by atoms with Crippen molar-refractivity contribution in [2.75, 3.05) is 13.6 Å². The SMILES string of the molecule is C[C@@H]1c2ccccc2C(F)CN1C. The highest BCUT2D eigenvalue weighted by Crippen LogP contribution is 2.34. The van der Waals surface area contributed by atoms with Gasteiger partial charge in [0.2, 0.25) is 0 Å². The highest BCUT2D eigenvalue weighted by molar-refractivity contribution is 5.33. The molecule has 1 aliphatic heterocycles.